The molecule has 0 unspecified atom stereocenters. The topological polar surface area (TPSA) is 75.3 Å². The number of aryl methyl sites for hydroxylation is 2. The highest BCUT2D eigenvalue weighted by Gasteiger charge is 2.17. The molecule has 2 N–H and O–H groups in total. The largest absolute Gasteiger partial charge is 0.361 e. The minimum atomic E-state index is 0. The summed E-state index contributed by atoms with van der Waals surface area (Å²) in [5.74, 6) is 1.75. The number of halogens is 1. The lowest BCUT2D eigenvalue weighted by Crippen LogP contribution is -2.38. The zero-order chi connectivity index (χ0) is 19.9. The molecule has 6 nitrogen and oxygen atoms in total. The Morgan fingerprint density at radius 2 is 1.93 bits per heavy atom. The summed E-state index contributed by atoms with van der Waals surface area (Å²) in [7, 11) is 0. The normalized spacial score (nSPS) is 12.0. The number of thiazole rings is 1. The lowest BCUT2D eigenvalue weighted by Gasteiger charge is -2.14. The summed E-state index contributed by atoms with van der Waals surface area (Å²) in [5, 5.41) is 14.2. The molecule has 0 aromatic carbocycles. The zero-order valence-electron chi connectivity index (χ0n) is 17.9. The van der Waals surface area contributed by atoms with E-state index < -0.39 is 0 Å². The third kappa shape index (κ3) is 7.02. The van der Waals surface area contributed by atoms with E-state index >= 15 is 0 Å². The van der Waals surface area contributed by atoms with Crippen molar-refractivity contribution in [3.05, 3.63) is 33.1 Å². The molecule has 0 aliphatic heterocycles. The molecule has 0 atom stereocenters. The highest BCUT2D eigenvalue weighted by molar-refractivity contribution is 14.0. The highest BCUT2D eigenvalue weighted by atomic mass is 127. The van der Waals surface area contributed by atoms with E-state index in [4.69, 9.17) is 14.5 Å². The summed E-state index contributed by atoms with van der Waals surface area (Å²) in [6, 6.07) is 0. The van der Waals surface area contributed by atoms with Gasteiger partial charge in [0.05, 0.1) is 22.9 Å². The molecule has 0 fully saturated rings. The molecule has 0 bridgehead atoms. The van der Waals surface area contributed by atoms with Crippen LogP contribution >= 0.6 is 35.3 Å². The molecule has 0 aliphatic carbocycles. The number of rotatable bonds is 8. The number of nitrogens with one attached hydrogen (secondary N) is 2. The predicted molar refractivity (Wildman–Crippen MR) is 128 cm³/mol. The standard InChI is InChI=1S/C20H33N5OS.HI/c1-7-15-14(16(8-2)26-25-15)12-23-19(21-9-3)22-11-10-18-24-17(13-27-18)20(4,5)6;/h13H,7-12H2,1-6H3,(H2,21,22,23);1H. The summed E-state index contributed by atoms with van der Waals surface area (Å²) in [6.45, 7) is 15.0. The van der Waals surface area contributed by atoms with E-state index in [1.54, 1.807) is 11.3 Å². The molecule has 2 heterocycles. The molecule has 0 aliphatic rings. The van der Waals surface area contributed by atoms with Gasteiger partial charge < -0.3 is 15.2 Å². The number of nitrogens with zero attached hydrogens (tertiary/aromatic N) is 3. The Labute approximate surface area is 190 Å². The third-order valence-electron chi connectivity index (χ3n) is 4.30. The molecule has 158 valence electrons. The fraction of sp³-hybridized carbons (Fsp3) is 0.650. The van der Waals surface area contributed by atoms with Gasteiger partial charge in [-0.1, -0.05) is 39.8 Å². The van der Waals surface area contributed by atoms with E-state index in [0.29, 0.717) is 6.54 Å². The van der Waals surface area contributed by atoms with Crippen molar-refractivity contribution in [1.82, 2.24) is 20.8 Å². The molecule has 2 rings (SSSR count). The van der Waals surface area contributed by atoms with Gasteiger partial charge in [0, 0.05) is 42.3 Å². The van der Waals surface area contributed by atoms with Gasteiger partial charge >= 0.3 is 0 Å². The Balaban J connectivity index is 0.00000392. The first-order valence-corrected chi connectivity index (χ1v) is 10.7. The van der Waals surface area contributed by atoms with Gasteiger partial charge in [0.1, 0.15) is 5.76 Å². The van der Waals surface area contributed by atoms with Crippen molar-refractivity contribution >= 4 is 41.3 Å². The smallest absolute Gasteiger partial charge is 0.191 e. The predicted octanol–water partition coefficient (Wildman–Crippen LogP) is 4.47. The van der Waals surface area contributed by atoms with Gasteiger partial charge in [0.2, 0.25) is 0 Å². The Morgan fingerprint density at radius 3 is 2.50 bits per heavy atom. The van der Waals surface area contributed by atoms with E-state index in [9.17, 15) is 0 Å². The fourth-order valence-electron chi connectivity index (χ4n) is 2.67. The first kappa shape index (κ1) is 24.9. The molecule has 0 spiro atoms. The molecule has 2 aromatic rings. The van der Waals surface area contributed by atoms with Crippen LogP contribution in [-0.2, 0) is 31.2 Å². The maximum absolute atomic E-state index is 5.43. The third-order valence-corrected chi connectivity index (χ3v) is 5.21. The second kappa shape index (κ2) is 11.7. The molecule has 0 amide bonds. The van der Waals surface area contributed by atoms with Crippen LogP contribution in [0.4, 0.5) is 0 Å². The Hall–Kier alpha value is -1.16. The van der Waals surface area contributed by atoms with Crippen molar-refractivity contribution in [3.8, 4) is 0 Å². The van der Waals surface area contributed by atoms with Crippen LogP contribution in [0.25, 0.3) is 0 Å². The molecule has 2 aromatic heterocycles. The first-order chi connectivity index (χ1) is 12.9. The van der Waals surface area contributed by atoms with Gasteiger partial charge in [-0.2, -0.15) is 0 Å². The van der Waals surface area contributed by atoms with E-state index in [1.807, 2.05) is 0 Å². The Morgan fingerprint density at radius 1 is 1.18 bits per heavy atom. The van der Waals surface area contributed by atoms with Crippen molar-refractivity contribution < 1.29 is 4.52 Å². The average molecular weight is 519 g/mol. The number of hydrogen-bond acceptors (Lipinski definition) is 5. The van der Waals surface area contributed by atoms with Gasteiger partial charge in [0.15, 0.2) is 5.96 Å². The van der Waals surface area contributed by atoms with E-state index in [-0.39, 0.29) is 29.4 Å². The summed E-state index contributed by atoms with van der Waals surface area (Å²) in [5.41, 5.74) is 3.39. The highest BCUT2D eigenvalue weighted by Crippen LogP contribution is 2.23. The maximum atomic E-state index is 5.43. The van der Waals surface area contributed by atoms with Gasteiger partial charge in [-0.3, -0.25) is 0 Å². The SMILES string of the molecule is CCNC(=NCc1c(CC)noc1CC)NCCc1nc(C(C)(C)C)cs1.I. The summed E-state index contributed by atoms with van der Waals surface area (Å²) in [6.07, 6.45) is 2.58. The monoisotopic (exact) mass is 519 g/mol. The fourth-order valence-corrected chi connectivity index (χ4v) is 3.70. The number of aliphatic imine (C=N–C) groups is 1. The van der Waals surface area contributed by atoms with Crippen LogP contribution in [0.5, 0.6) is 0 Å². The summed E-state index contributed by atoms with van der Waals surface area (Å²) >= 11 is 1.73. The van der Waals surface area contributed by atoms with Gasteiger partial charge in [-0.05, 0) is 13.3 Å². The lowest BCUT2D eigenvalue weighted by molar-refractivity contribution is 0.380. The summed E-state index contributed by atoms with van der Waals surface area (Å²) in [4.78, 5) is 9.48. The molecule has 0 saturated carbocycles. The van der Waals surface area contributed by atoms with Crippen LogP contribution in [-0.4, -0.2) is 29.2 Å². The van der Waals surface area contributed by atoms with Crippen LogP contribution in [0, 0.1) is 0 Å². The van der Waals surface area contributed by atoms with Gasteiger partial charge in [-0.25, -0.2) is 9.98 Å². The van der Waals surface area contributed by atoms with Crippen molar-refractivity contribution in [1.29, 1.82) is 0 Å². The van der Waals surface area contributed by atoms with Gasteiger partial charge in [-0.15, -0.1) is 35.3 Å². The van der Waals surface area contributed by atoms with Crippen molar-refractivity contribution in [2.75, 3.05) is 13.1 Å². The van der Waals surface area contributed by atoms with Crippen molar-refractivity contribution in [3.63, 3.8) is 0 Å². The second-order valence-corrected chi connectivity index (χ2v) is 8.43. The molecule has 0 saturated heterocycles. The van der Waals surface area contributed by atoms with Crippen LogP contribution in [0.2, 0.25) is 0 Å². The molecule has 28 heavy (non-hydrogen) atoms. The molecular formula is C20H34IN5OS. The first-order valence-electron chi connectivity index (χ1n) is 9.82. The Bertz CT molecular complexity index is 727. The van der Waals surface area contributed by atoms with Crippen LogP contribution < -0.4 is 10.6 Å². The van der Waals surface area contributed by atoms with E-state index in [0.717, 1.165) is 66.0 Å². The van der Waals surface area contributed by atoms with Crippen molar-refractivity contribution in [2.24, 2.45) is 4.99 Å². The van der Waals surface area contributed by atoms with Gasteiger partial charge in [0.25, 0.3) is 0 Å². The number of aromatic nitrogens is 2. The Kier molecular flexibility index (Phi) is 10.4. The average Bonchev–Trinajstić information content (AvgIpc) is 3.25. The van der Waals surface area contributed by atoms with E-state index in [2.05, 4.69) is 62.7 Å². The van der Waals surface area contributed by atoms with Crippen LogP contribution in [0.1, 0.15) is 69.3 Å². The quantitative estimate of drug-likeness (QED) is 0.306. The zero-order valence-corrected chi connectivity index (χ0v) is 21.0. The number of hydrogen-bond donors (Lipinski definition) is 2. The lowest BCUT2D eigenvalue weighted by atomic mass is 9.93. The minimum absolute atomic E-state index is 0. The summed E-state index contributed by atoms with van der Waals surface area (Å²) < 4.78 is 5.43. The van der Waals surface area contributed by atoms with Crippen LogP contribution in [0.15, 0.2) is 14.9 Å². The second-order valence-electron chi connectivity index (χ2n) is 7.49. The minimum Gasteiger partial charge on any atom is -0.361 e. The van der Waals surface area contributed by atoms with Crippen LogP contribution in [0.3, 0.4) is 0 Å². The molecular weight excluding hydrogens is 485 g/mol. The van der Waals surface area contributed by atoms with Crippen molar-refractivity contribution in [2.45, 2.75) is 72.8 Å². The van der Waals surface area contributed by atoms with E-state index in [1.165, 1.54) is 0 Å². The molecule has 8 heteroatoms. The molecule has 0 radical (unpaired) electrons. The number of guanidine groups is 1. The maximum Gasteiger partial charge on any atom is 0.191 e.